The van der Waals surface area contributed by atoms with Crippen LogP contribution in [0.25, 0.3) is 5.57 Å². The van der Waals surface area contributed by atoms with Gasteiger partial charge in [-0.15, -0.1) is 0 Å². The predicted octanol–water partition coefficient (Wildman–Crippen LogP) is 1.83. The number of carbonyl (C=O) groups is 2. The Kier molecular flexibility index (Phi) is 3.81. The lowest BCUT2D eigenvalue weighted by Gasteiger charge is -2.18. The van der Waals surface area contributed by atoms with E-state index in [1.54, 1.807) is 12.1 Å². The molecule has 0 spiro atoms. The van der Waals surface area contributed by atoms with Crippen LogP contribution in [0.4, 0.5) is 14.9 Å². The van der Waals surface area contributed by atoms with Crippen molar-refractivity contribution in [1.29, 1.82) is 0 Å². The number of cyclic esters (lactones) is 1. The minimum Gasteiger partial charge on any atom is -0.431 e. The Labute approximate surface area is 132 Å². The number of hydrogen-bond donors (Lipinski definition) is 1. The highest BCUT2D eigenvalue weighted by Gasteiger charge is 2.46. The maximum Gasteiger partial charge on any atom is 0.415 e. The van der Waals surface area contributed by atoms with Gasteiger partial charge in [0.1, 0.15) is 5.82 Å². The largest absolute Gasteiger partial charge is 0.431 e. The predicted molar refractivity (Wildman–Crippen MR) is 81.2 cm³/mol. The van der Waals surface area contributed by atoms with E-state index in [2.05, 4.69) is 0 Å². The Morgan fingerprint density at radius 2 is 2.22 bits per heavy atom. The van der Waals surface area contributed by atoms with Crippen molar-refractivity contribution in [3.05, 3.63) is 35.7 Å². The van der Waals surface area contributed by atoms with Gasteiger partial charge in [0.05, 0.1) is 25.4 Å². The van der Waals surface area contributed by atoms with Gasteiger partial charge in [-0.25, -0.2) is 9.18 Å². The molecule has 23 heavy (non-hydrogen) atoms. The van der Waals surface area contributed by atoms with E-state index < -0.39 is 23.4 Å². The summed E-state index contributed by atoms with van der Waals surface area (Å²) in [6.45, 7) is 2.41. The number of anilines is 1. The summed E-state index contributed by atoms with van der Waals surface area (Å²) in [5.41, 5.74) is 5.54. The second kappa shape index (κ2) is 5.66. The van der Waals surface area contributed by atoms with Crippen LogP contribution >= 0.6 is 0 Å². The standard InChI is InChI=1S/C16H17FN2O4/c1-16(14(18)20)9-19(15(21)23-16)11-2-3-12(13(17)8-11)10-4-6-22-7-5-10/h2-4,8H,5-7,9H2,1H3,(H2,18,20)/t16-/m1/s1. The molecular formula is C16H17FN2O4. The molecule has 1 atom stereocenters. The van der Waals surface area contributed by atoms with E-state index in [4.69, 9.17) is 15.2 Å². The monoisotopic (exact) mass is 320 g/mol. The maximum absolute atomic E-state index is 14.4. The Morgan fingerprint density at radius 3 is 2.78 bits per heavy atom. The summed E-state index contributed by atoms with van der Waals surface area (Å²) in [5.74, 6) is -1.17. The van der Waals surface area contributed by atoms with E-state index >= 15 is 0 Å². The normalized spacial score (nSPS) is 24.3. The number of ether oxygens (including phenoxy) is 2. The summed E-state index contributed by atoms with van der Waals surface area (Å²) in [6, 6.07) is 4.51. The number of halogens is 1. The van der Waals surface area contributed by atoms with Gasteiger partial charge in [-0.2, -0.15) is 0 Å². The van der Waals surface area contributed by atoms with E-state index in [-0.39, 0.29) is 6.54 Å². The number of carbonyl (C=O) groups excluding carboxylic acids is 2. The van der Waals surface area contributed by atoms with Crippen molar-refractivity contribution in [3.63, 3.8) is 0 Å². The Morgan fingerprint density at radius 1 is 1.43 bits per heavy atom. The first kappa shape index (κ1) is 15.5. The van der Waals surface area contributed by atoms with E-state index in [9.17, 15) is 14.0 Å². The average molecular weight is 320 g/mol. The summed E-state index contributed by atoms with van der Waals surface area (Å²) >= 11 is 0. The smallest absolute Gasteiger partial charge is 0.415 e. The molecule has 2 amide bonds. The van der Waals surface area contributed by atoms with Gasteiger partial charge < -0.3 is 15.2 Å². The van der Waals surface area contributed by atoms with Crippen molar-refractivity contribution in [2.45, 2.75) is 18.9 Å². The fourth-order valence-corrected chi connectivity index (χ4v) is 2.68. The van der Waals surface area contributed by atoms with Gasteiger partial charge in [0.15, 0.2) is 0 Å². The van der Waals surface area contributed by atoms with Gasteiger partial charge in [-0.1, -0.05) is 6.08 Å². The third kappa shape index (κ3) is 2.79. The van der Waals surface area contributed by atoms with Crippen LogP contribution in [0.15, 0.2) is 24.3 Å². The molecule has 6 nitrogen and oxygen atoms in total. The van der Waals surface area contributed by atoms with Crippen LogP contribution in [0.5, 0.6) is 0 Å². The molecule has 0 aromatic heterocycles. The zero-order valence-corrected chi connectivity index (χ0v) is 12.7. The molecule has 1 aromatic rings. The van der Waals surface area contributed by atoms with Gasteiger partial charge in [0.25, 0.3) is 5.91 Å². The minimum absolute atomic E-state index is 0.0451. The fraction of sp³-hybridized carbons (Fsp3) is 0.375. The first-order chi connectivity index (χ1) is 10.9. The molecule has 122 valence electrons. The third-order valence-corrected chi connectivity index (χ3v) is 4.09. The summed E-state index contributed by atoms with van der Waals surface area (Å²) in [4.78, 5) is 24.5. The lowest BCUT2D eigenvalue weighted by molar-refractivity contribution is -0.131. The number of nitrogens with zero attached hydrogens (tertiary/aromatic N) is 1. The molecule has 0 radical (unpaired) electrons. The van der Waals surface area contributed by atoms with E-state index in [1.165, 1.54) is 17.9 Å². The Hall–Kier alpha value is -2.41. The van der Waals surface area contributed by atoms with Gasteiger partial charge >= 0.3 is 6.09 Å². The highest BCUT2D eigenvalue weighted by Crippen LogP contribution is 2.31. The van der Waals surface area contributed by atoms with Gasteiger partial charge in [-0.05, 0) is 37.1 Å². The number of amides is 2. The Balaban J connectivity index is 1.87. The van der Waals surface area contributed by atoms with Crippen molar-refractivity contribution in [2.75, 3.05) is 24.7 Å². The van der Waals surface area contributed by atoms with Gasteiger partial charge in [0.2, 0.25) is 5.60 Å². The van der Waals surface area contributed by atoms with Gasteiger partial charge in [-0.3, -0.25) is 9.69 Å². The summed E-state index contributed by atoms with van der Waals surface area (Å²) < 4.78 is 24.7. The second-order valence-electron chi connectivity index (χ2n) is 5.77. The molecule has 2 heterocycles. The third-order valence-electron chi connectivity index (χ3n) is 4.09. The van der Waals surface area contributed by atoms with E-state index in [1.807, 2.05) is 6.08 Å². The first-order valence-corrected chi connectivity index (χ1v) is 7.28. The highest BCUT2D eigenvalue weighted by atomic mass is 19.1. The Bertz CT molecular complexity index is 703. The molecule has 2 N–H and O–H groups in total. The van der Waals surface area contributed by atoms with Crippen LogP contribution in [0.3, 0.4) is 0 Å². The van der Waals surface area contributed by atoms with Crippen molar-refractivity contribution < 1.29 is 23.5 Å². The van der Waals surface area contributed by atoms with E-state index in [0.717, 1.165) is 5.57 Å². The molecule has 1 saturated heterocycles. The number of primary amides is 1. The summed E-state index contributed by atoms with van der Waals surface area (Å²) in [7, 11) is 0. The quantitative estimate of drug-likeness (QED) is 0.921. The first-order valence-electron chi connectivity index (χ1n) is 7.28. The summed E-state index contributed by atoms with van der Waals surface area (Å²) in [6.07, 6.45) is 1.76. The molecule has 0 saturated carbocycles. The second-order valence-corrected chi connectivity index (χ2v) is 5.77. The molecule has 0 unspecified atom stereocenters. The average Bonchev–Trinajstić information content (AvgIpc) is 2.84. The highest BCUT2D eigenvalue weighted by molar-refractivity contribution is 5.97. The van der Waals surface area contributed by atoms with Crippen LogP contribution in [0.1, 0.15) is 18.9 Å². The number of rotatable bonds is 3. The molecule has 2 aliphatic heterocycles. The number of hydrogen-bond acceptors (Lipinski definition) is 4. The van der Waals surface area contributed by atoms with Crippen molar-refractivity contribution >= 4 is 23.3 Å². The van der Waals surface area contributed by atoms with Crippen LogP contribution in [0.2, 0.25) is 0 Å². The van der Waals surface area contributed by atoms with Crippen LogP contribution in [0, 0.1) is 5.82 Å². The lowest BCUT2D eigenvalue weighted by atomic mass is 10.0. The van der Waals surface area contributed by atoms with Crippen LogP contribution < -0.4 is 10.6 Å². The molecule has 1 aromatic carbocycles. The molecule has 1 fully saturated rings. The van der Waals surface area contributed by atoms with Crippen LogP contribution in [-0.2, 0) is 14.3 Å². The van der Waals surface area contributed by atoms with Crippen molar-refractivity contribution in [1.82, 2.24) is 0 Å². The number of nitrogens with two attached hydrogens (primary N) is 1. The SMILES string of the molecule is C[C@]1(C(N)=O)CN(c2ccc(C3=CCOCC3)c(F)c2)C(=O)O1. The zero-order chi connectivity index (χ0) is 16.6. The fourth-order valence-electron chi connectivity index (χ4n) is 2.68. The molecule has 0 bridgehead atoms. The molecule has 2 aliphatic rings. The molecule has 0 aliphatic carbocycles. The molecule has 3 rings (SSSR count). The molecule has 7 heteroatoms. The maximum atomic E-state index is 14.4. The molecular weight excluding hydrogens is 303 g/mol. The summed E-state index contributed by atoms with van der Waals surface area (Å²) in [5, 5.41) is 0. The van der Waals surface area contributed by atoms with E-state index in [0.29, 0.717) is 30.9 Å². The minimum atomic E-state index is -1.41. The zero-order valence-electron chi connectivity index (χ0n) is 12.7. The topological polar surface area (TPSA) is 81.9 Å². The van der Waals surface area contributed by atoms with Gasteiger partial charge in [0, 0.05) is 5.56 Å². The lowest BCUT2D eigenvalue weighted by Crippen LogP contribution is -2.44. The number of benzene rings is 1. The van der Waals surface area contributed by atoms with Crippen molar-refractivity contribution in [2.24, 2.45) is 5.73 Å². The van der Waals surface area contributed by atoms with Crippen LogP contribution in [-0.4, -0.2) is 37.4 Å². The van der Waals surface area contributed by atoms with Crippen molar-refractivity contribution in [3.8, 4) is 0 Å².